The number of carbonyl (C=O) groups excluding carboxylic acids is 1. The SMILES string of the molecule is COC(=O)CNc1cccc(F)c1Cl. The predicted octanol–water partition coefficient (Wildman–Crippen LogP) is 2.06. The molecule has 1 aromatic carbocycles. The lowest BCUT2D eigenvalue weighted by Crippen LogP contribution is -2.15. The fourth-order valence-electron chi connectivity index (χ4n) is 0.880. The van der Waals surface area contributed by atoms with Crippen molar-refractivity contribution in [3.05, 3.63) is 29.0 Å². The molecule has 0 aliphatic heterocycles. The maximum Gasteiger partial charge on any atom is 0.325 e. The molecule has 0 radical (unpaired) electrons. The van der Waals surface area contributed by atoms with Gasteiger partial charge in [-0.1, -0.05) is 17.7 Å². The number of hydrogen-bond donors (Lipinski definition) is 1. The monoisotopic (exact) mass is 217 g/mol. The third-order valence-corrected chi connectivity index (χ3v) is 1.99. The van der Waals surface area contributed by atoms with E-state index in [9.17, 15) is 9.18 Å². The quantitative estimate of drug-likeness (QED) is 0.788. The molecule has 5 heteroatoms. The number of benzene rings is 1. The van der Waals surface area contributed by atoms with Crippen molar-refractivity contribution in [1.82, 2.24) is 0 Å². The number of methoxy groups -OCH3 is 1. The molecule has 0 aliphatic carbocycles. The van der Waals surface area contributed by atoms with E-state index in [0.717, 1.165) is 0 Å². The van der Waals surface area contributed by atoms with Gasteiger partial charge in [0.2, 0.25) is 0 Å². The van der Waals surface area contributed by atoms with Crippen molar-refractivity contribution in [3.8, 4) is 0 Å². The molecular formula is C9H9ClFNO2. The Balaban J connectivity index is 2.68. The molecule has 76 valence electrons. The van der Waals surface area contributed by atoms with E-state index < -0.39 is 11.8 Å². The Bertz CT molecular complexity index is 344. The van der Waals surface area contributed by atoms with Gasteiger partial charge < -0.3 is 10.1 Å². The summed E-state index contributed by atoms with van der Waals surface area (Å²) in [5.74, 6) is -0.966. The van der Waals surface area contributed by atoms with Crippen LogP contribution in [0.4, 0.5) is 10.1 Å². The number of carbonyl (C=O) groups is 1. The molecular weight excluding hydrogens is 209 g/mol. The highest BCUT2D eigenvalue weighted by Gasteiger charge is 2.06. The number of hydrogen-bond acceptors (Lipinski definition) is 3. The smallest absolute Gasteiger partial charge is 0.325 e. The van der Waals surface area contributed by atoms with Crippen molar-refractivity contribution in [2.24, 2.45) is 0 Å². The minimum absolute atomic E-state index is 0.0311. The lowest BCUT2D eigenvalue weighted by Gasteiger charge is -2.06. The van der Waals surface area contributed by atoms with Gasteiger partial charge in [0, 0.05) is 0 Å². The maximum atomic E-state index is 12.9. The van der Waals surface area contributed by atoms with Crippen LogP contribution in [-0.4, -0.2) is 19.6 Å². The fourth-order valence-corrected chi connectivity index (χ4v) is 1.07. The van der Waals surface area contributed by atoms with Gasteiger partial charge in [0.25, 0.3) is 0 Å². The Morgan fingerprint density at radius 1 is 1.64 bits per heavy atom. The normalized spacial score (nSPS) is 9.64. The van der Waals surface area contributed by atoms with Gasteiger partial charge in [0.1, 0.15) is 12.4 Å². The Labute approximate surface area is 85.8 Å². The van der Waals surface area contributed by atoms with Crippen molar-refractivity contribution in [2.45, 2.75) is 0 Å². The summed E-state index contributed by atoms with van der Waals surface area (Å²) < 4.78 is 17.3. The highest BCUT2D eigenvalue weighted by atomic mass is 35.5. The van der Waals surface area contributed by atoms with Crippen LogP contribution in [0.1, 0.15) is 0 Å². The summed E-state index contributed by atoms with van der Waals surface area (Å²) in [5, 5.41) is 2.63. The second-order valence-electron chi connectivity index (χ2n) is 2.53. The molecule has 1 N–H and O–H groups in total. The summed E-state index contributed by atoms with van der Waals surface area (Å²) in [6.07, 6.45) is 0. The van der Waals surface area contributed by atoms with E-state index in [0.29, 0.717) is 5.69 Å². The number of anilines is 1. The predicted molar refractivity (Wildman–Crippen MR) is 51.9 cm³/mol. The number of ether oxygens (including phenoxy) is 1. The molecule has 0 saturated heterocycles. The number of halogens is 2. The largest absolute Gasteiger partial charge is 0.468 e. The first-order chi connectivity index (χ1) is 6.65. The summed E-state index contributed by atoms with van der Waals surface area (Å²) in [6.45, 7) is -0.0420. The molecule has 14 heavy (non-hydrogen) atoms. The third kappa shape index (κ3) is 2.60. The molecule has 0 fully saturated rings. The molecule has 1 rings (SSSR count). The third-order valence-electron chi connectivity index (χ3n) is 1.60. The summed E-state index contributed by atoms with van der Waals surface area (Å²) >= 11 is 5.63. The van der Waals surface area contributed by atoms with E-state index in [2.05, 4.69) is 10.1 Å². The van der Waals surface area contributed by atoms with E-state index in [4.69, 9.17) is 11.6 Å². The van der Waals surface area contributed by atoms with Gasteiger partial charge in [0.15, 0.2) is 0 Å². The number of rotatable bonds is 3. The summed E-state index contributed by atoms with van der Waals surface area (Å²) in [7, 11) is 1.27. The van der Waals surface area contributed by atoms with Crippen LogP contribution in [0.25, 0.3) is 0 Å². The van der Waals surface area contributed by atoms with E-state index >= 15 is 0 Å². The van der Waals surface area contributed by atoms with Crippen LogP contribution in [0.2, 0.25) is 5.02 Å². The van der Waals surface area contributed by atoms with Crippen LogP contribution in [0.15, 0.2) is 18.2 Å². The van der Waals surface area contributed by atoms with Crippen molar-refractivity contribution in [1.29, 1.82) is 0 Å². The molecule has 3 nitrogen and oxygen atoms in total. The zero-order valence-corrected chi connectivity index (χ0v) is 8.27. The van der Waals surface area contributed by atoms with Crippen molar-refractivity contribution >= 4 is 23.3 Å². The van der Waals surface area contributed by atoms with Gasteiger partial charge in [-0.05, 0) is 12.1 Å². The molecule has 0 unspecified atom stereocenters. The van der Waals surface area contributed by atoms with Crippen molar-refractivity contribution in [2.75, 3.05) is 19.0 Å². The van der Waals surface area contributed by atoms with Crippen LogP contribution < -0.4 is 5.32 Å². The van der Waals surface area contributed by atoms with Gasteiger partial charge in [-0.3, -0.25) is 4.79 Å². The van der Waals surface area contributed by atoms with Gasteiger partial charge in [-0.25, -0.2) is 4.39 Å². The van der Waals surface area contributed by atoms with E-state index in [1.54, 1.807) is 6.07 Å². The van der Waals surface area contributed by atoms with Gasteiger partial charge in [-0.15, -0.1) is 0 Å². The number of esters is 1. The molecule has 0 heterocycles. The first kappa shape index (κ1) is 10.8. The summed E-state index contributed by atoms with van der Waals surface area (Å²) in [4.78, 5) is 10.8. The number of nitrogens with one attached hydrogen (secondary N) is 1. The molecule has 0 saturated carbocycles. The first-order valence-electron chi connectivity index (χ1n) is 3.90. The Kier molecular flexibility index (Phi) is 3.71. The summed E-state index contributed by atoms with van der Waals surface area (Å²) in [5.41, 5.74) is 0.372. The van der Waals surface area contributed by atoms with Crippen LogP contribution >= 0.6 is 11.6 Å². The molecule has 0 amide bonds. The highest BCUT2D eigenvalue weighted by molar-refractivity contribution is 6.33. The van der Waals surface area contributed by atoms with Gasteiger partial charge in [0.05, 0.1) is 17.8 Å². The first-order valence-corrected chi connectivity index (χ1v) is 4.27. The zero-order chi connectivity index (χ0) is 10.6. The molecule has 0 aromatic heterocycles. The fraction of sp³-hybridized carbons (Fsp3) is 0.222. The van der Waals surface area contributed by atoms with E-state index in [1.807, 2.05) is 0 Å². The highest BCUT2D eigenvalue weighted by Crippen LogP contribution is 2.23. The second kappa shape index (κ2) is 4.81. The lowest BCUT2D eigenvalue weighted by molar-refractivity contribution is -0.138. The van der Waals surface area contributed by atoms with Crippen LogP contribution in [0, 0.1) is 5.82 Å². The van der Waals surface area contributed by atoms with Crippen LogP contribution in [0.3, 0.4) is 0 Å². The zero-order valence-electron chi connectivity index (χ0n) is 7.51. The maximum absolute atomic E-state index is 12.9. The second-order valence-corrected chi connectivity index (χ2v) is 2.91. The van der Waals surface area contributed by atoms with Crippen molar-refractivity contribution < 1.29 is 13.9 Å². The molecule has 0 aliphatic rings. The minimum Gasteiger partial charge on any atom is -0.468 e. The Hall–Kier alpha value is -1.29. The Morgan fingerprint density at radius 3 is 3.00 bits per heavy atom. The minimum atomic E-state index is -0.526. The van der Waals surface area contributed by atoms with E-state index in [1.165, 1.54) is 19.2 Å². The molecule has 1 aromatic rings. The molecule has 0 bridgehead atoms. The standard InChI is InChI=1S/C9H9ClFNO2/c1-14-8(13)5-12-7-4-2-3-6(11)9(7)10/h2-4,12H,5H2,1H3. The van der Waals surface area contributed by atoms with Crippen molar-refractivity contribution in [3.63, 3.8) is 0 Å². The average Bonchev–Trinajstić information content (AvgIpc) is 2.20. The van der Waals surface area contributed by atoms with Gasteiger partial charge >= 0.3 is 5.97 Å². The summed E-state index contributed by atoms with van der Waals surface area (Å²) in [6, 6.07) is 4.32. The van der Waals surface area contributed by atoms with Gasteiger partial charge in [-0.2, -0.15) is 0 Å². The van der Waals surface area contributed by atoms with E-state index in [-0.39, 0.29) is 11.6 Å². The topological polar surface area (TPSA) is 38.3 Å². The average molecular weight is 218 g/mol. The molecule has 0 spiro atoms. The van der Waals surface area contributed by atoms with Crippen LogP contribution in [0.5, 0.6) is 0 Å². The Morgan fingerprint density at radius 2 is 2.36 bits per heavy atom. The van der Waals surface area contributed by atoms with Crippen LogP contribution in [-0.2, 0) is 9.53 Å². The molecule has 0 atom stereocenters. The lowest BCUT2D eigenvalue weighted by atomic mass is 10.3.